The predicted molar refractivity (Wildman–Crippen MR) is 94.7 cm³/mol. The lowest BCUT2D eigenvalue weighted by Gasteiger charge is -2.36. The molecule has 1 aromatic rings. The first-order valence-electron chi connectivity index (χ1n) is 8.90. The number of hydrogen-bond donors (Lipinski definition) is 2. The molecule has 0 saturated carbocycles. The van der Waals surface area contributed by atoms with Crippen LogP contribution in [0.4, 0.5) is 11.8 Å². The van der Waals surface area contributed by atoms with Crippen LogP contribution >= 0.6 is 0 Å². The summed E-state index contributed by atoms with van der Waals surface area (Å²) in [5.41, 5.74) is 1.04. The molecular weight excluding hydrogens is 306 g/mol. The van der Waals surface area contributed by atoms with E-state index in [4.69, 9.17) is 9.84 Å². The number of ether oxygens (including phenoxy) is 1. The van der Waals surface area contributed by atoms with Crippen molar-refractivity contribution in [2.45, 2.75) is 31.2 Å². The van der Waals surface area contributed by atoms with Crippen molar-refractivity contribution in [2.24, 2.45) is 0 Å². The predicted octanol–water partition coefficient (Wildman–Crippen LogP) is 0.915. The van der Waals surface area contributed by atoms with E-state index in [0.29, 0.717) is 24.5 Å². The van der Waals surface area contributed by atoms with Gasteiger partial charge in [0.25, 0.3) is 0 Å². The number of rotatable bonds is 6. The number of aliphatic hydroxyl groups excluding tert-OH is 1. The molecule has 1 atom stereocenters. The van der Waals surface area contributed by atoms with Gasteiger partial charge in [0.1, 0.15) is 5.82 Å². The van der Waals surface area contributed by atoms with Crippen molar-refractivity contribution >= 4 is 11.8 Å². The average molecular weight is 335 g/mol. The molecule has 7 heteroatoms. The second kappa shape index (κ2) is 8.09. The topological polar surface area (TPSA) is 73.8 Å². The zero-order chi connectivity index (χ0) is 16.9. The van der Waals surface area contributed by atoms with E-state index in [-0.39, 0.29) is 6.61 Å². The number of hydrogen-bond acceptors (Lipinski definition) is 7. The zero-order valence-corrected chi connectivity index (χ0v) is 14.7. The summed E-state index contributed by atoms with van der Waals surface area (Å²) in [5.74, 6) is 1.90. The minimum atomic E-state index is 0.0697. The molecule has 0 aliphatic carbocycles. The molecule has 0 amide bonds. The fraction of sp³-hybridized carbons (Fsp3) is 0.765. The normalized spacial score (nSPS) is 22.7. The Morgan fingerprint density at radius 1 is 1.33 bits per heavy atom. The highest BCUT2D eigenvalue weighted by atomic mass is 16.5. The molecule has 24 heavy (non-hydrogen) atoms. The molecule has 2 saturated heterocycles. The molecule has 2 N–H and O–H groups in total. The summed E-state index contributed by atoms with van der Waals surface area (Å²) < 4.78 is 5.52. The summed E-state index contributed by atoms with van der Waals surface area (Å²) >= 11 is 0. The van der Waals surface area contributed by atoms with E-state index in [9.17, 15) is 0 Å². The quantitative estimate of drug-likeness (QED) is 0.800. The van der Waals surface area contributed by atoms with Crippen LogP contribution in [0.3, 0.4) is 0 Å². The Balaban J connectivity index is 1.80. The Kier molecular flexibility index (Phi) is 5.86. The second-order valence-electron chi connectivity index (χ2n) is 6.83. The standard InChI is InChI=1S/C17H29N5O2/c1-21-7-3-14(4-8-21)22(2)16-11-15(13-5-10-24-12-13)19-17(20-16)18-6-9-23/h11,13-14,23H,3-10,12H2,1-2H3,(H,18,19,20)/t13-/m0/s1. The summed E-state index contributed by atoms with van der Waals surface area (Å²) in [6, 6.07) is 2.62. The smallest absolute Gasteiger partial charge is 0.224 e. The van der Waals surface area contributed by atoms with Crippen molar-refractivity contribution in [1.29, 1.82) is 0 Å². The highest BCUT2D eigenvalue weighted by molar-refractivity contribution is 5.46. The minimum absolute atomic E-state index is 0.0697. The maximum atomic E-state index is 9.06. The molecule has 2 aliphatic heterocycles. The molecule has 7 nitrogen and oxygen atoms in total. The number of aliphatic hydroxyl groups is 1. The zero-order valence-electron chi connectivity index (χ0n) is 14.7. The number of nitrogens with zero attached hydrogens (tertiary/aromatic N) is 4. The number of nitrogens with one attached hydrogen (secondary N) is 1. The van der Waals surface area contributed by atoms with E-state index >= 15 is 0 Å². The van der Waals surface area contributed by atoms with Crippen LogP contribution in [0.2, 0.25) is 0 Å². The van der Waals surface area contributed by atoms with Gasteiger partial charge in [-0.05, 0) is 39.4 Å². The Morgan fingerprint density at radius 2 is 2.12 bits per heavy atom. The van der Waals surface area contributed by atoms with Crippen LogP contribution in [0.15, 0.2) is 6.07 Å². The van der Waals surface area contributed by atoms with Gasteiger partial charge in [0.2, 0.25) is 5.95 Å². The fourth-order valence-corrected chi connectivity index (χ4v) is 3.43. The van der Waals surface area contributed by atoms with Crippen molar-refractivity contribution in [3.8, 4) is 0 Å². The van der Waals surface area contributed by atoms with E-state index < -0.39 is 0 Å². The molecule has 2 fully saturated rings. The Labute approximate surface area is 144 Å². The van der Waals surface area contributed by atoms with E-state index in [0.717, 1.165) is 57.1 Å². The maximum absolute atomic E-state index is 9.06. The minimum Gasteiger partial charge on any atom is -0.395 e. The molecule has 0 spiro atoms. The largest absolute Gasteiger partial charge is 0.395 e. The molecular formula is C17H29N5O2. The summed E-state index contributed by atoms with van der Waals surface area (Å²) in [7, 11) is 4.30. The Bertz CT molecular complexity index is 528. The van der Waals surface area contributed by atoms with Crippen molar-refractivity contribution in [1.82, 2.24) is 14.9 Å². The first-order chi connectivity index (χ1) is 11.7. The first kappa shape index (κ1) is 17.4. The molecule has 134 valence electrons. The first-order valence-corrected chi connectivity index (χ1v) is 8.90. The summed E-state index contributed by atoms with van der Waals surface area (Å²) in [4.78, 5) is 14.0. The van der Waals surface area contributed by atoms with Crippen LogP contribution in [0, 0.1) is 0 Å². The Morgan fingerprint density at radius 3 is 2.79 bits per heavy atom. The third-order valence-electron chi connectivity index (χ3n) is 5.07. The van der Waals surface area contributed by atoms with Gasteiger partial charge in [-0.1, -0.05) is 0 Å². The van der Waals surface area contributed by atoms with Gasteiger partial charge < -0.3 is 25.0 Å². The summed E-state index contributed by atoms with van der Waals surface area (Å²) in [6.45, 7) is 4.31. The number of anilines is 2. The lowest BCUT2D eigenvalue weighted by molar-refractivity contribution is 0.193. The highest BCUT2D eigenvalue weighted by Gasteiger charge is 2.25. The molecule has 3 heterocycles. The van der Waals surface area contributed by atoms with E-state index in [1.165, 1.54) is 0 Å². The molecule has 0 radical (unpaired) electrons. The van der Waals surface area contributed by atoms with Crippen molar-refractivity contribution in [3.05, 3.63) is 11.8 Å². The van der Waals surface area contributed by atoms with Gasteiger partial charge in [-0.3, -0.25) is 0 Å². The molecule has 0 bridgehead atoms. The summed E-state index contributed by atoms with van der Waals surface area (Å²) in [5, 5.41) is 12.2. The van der Waals surface area contributed by atoms with Gasteiger partial charge in [0.15, 0.2) is 0 Å². The van der Waals surface area contributed by atoms with Gasteiger partial charge in [0, 0.05) is 38.2 Å². The fourth-order valence-electron chi connectivity index (χ4n) is 3.43. The van der Waals surface area contributed by atoms with E-state index in [1.807, 2.05) is 0 Å². The second-order valence-corrected chi connectivity index (χ2v) is 6.83. The lowest BCUT2D eigenvalue weighted by Crippen LogP contribution is -2.42. The SMILES string of the molecule is CN1CCC(N(C)c2cc([C@H]3CCOC3)nc(NCCO)n2)CC1. The van der Waals surface area contributed by atoms with E-state index in [2.05, 4.69) is 45.2 Å². The summed E-state index contributed by atoms with van der Waals surface area (Å²) in [6.07, 6.45) is 3.31. The Hall–Kier alpha value is -1.44. The molecule has 0 aromatic carbocycles. The molecule has 0 unspecified atom stereocenters. The van der Waals surface area contributed by atoms with E-state index in [1.54, 1.807) is 0 Å². The van der Waals surface area contributed by atoms with Crippen LogP contribution < -0.4 is 10.2 Å². The van der Waals surface area contributed by atoms with Gasteiger partial charge in [-0.25, -0.2) is 4.98 Å². The molecule has 1 aromatic heterocycles. The van der Waals surface area contributed by atoms with Crippen LogP contribution in [0.5, 0.6) is 0 Å². The maximum Gasteiger partial charge on any atom is 0.224 e. The van der Waals surface area contributed by atoms with Crippen LogP contribution in [0.1, 0.15) is 30.9 Å². The van der Waals surface area contributed by atoms with Crippen molar-refractivity contribution < 1.29 is 9.84 Å². The van der Waals surface area contributed by atoms with Gasteiger partial charge in [-0.15, -0.1) is 0 Å². The number of aromatic nitrogens is 2. The molecule has 3 rings (SSSR count). The third-order valence-corrected chi connectivity index (χ3v) is 5.07. The number of likely N-dealkylation sites (tertiary alicyclic amines) is 1. The monoisotopic (exact) mass is 335 g/mol. The van der Waals surface area contributed by atoms with Gasteiger partial charge >= 0.3 is 0 Å². The average Bonchev–Trinajstić information content (AvgIpc) is 3.14. The van der Waals surface area contributed by atoms with Crippen molar-refractivity contribution in [2.75, 3.05) is 63.8 Å². The number of piperidine rings is 1. The third kappa shape index (κ3) is 4.15. The van der Waals surface area contributed by atoms with Gasteiger partial charge in [0.05, 0.1) is 18.9 Å². The van der Waals surface area contributed by atoms with Crippen LogP contribution in [0.25, 0.3) is 0 Å². The lowest BCUT2D eigenvalue weighted by atomic mass is 10.0. The van der Waals surface area contributed by atoms with Crippen molar-refractivity contribution in [3.63, 3.8) is 0 Å². The molecule has 2 aliphatic rings. The highest BCUT2D eigenvalue weighted by Crippen LogP contribution is 2.28. The van der Waals surface area contributed by atoms with Crippen LogP contribution in [-0.2, 0) is 4.74 Å². The van der Waals surface area contributed by atoms with Crippen LogP contribution in [-0.4, -0.2) is 79.6 Å². The van der Waals surface area contributed by atoms with Gasteiger partial charge in [-0.2, -0.15) is 4.98 Å².